The zero-order valence-electron chi connectivity index (χ0n) is 9.06. The lowest BCUT2D eigenvalue weighted by Crippen LogP contribution is -2.40. The highest BCUT2D eigenvalue weighted by molar-refractivity contribution is 7.80. The molecule has 2 heterocycles. The molecular formula is C11H16N2OS2. The maximum atomic E-state index is 5.54. The fourth-order valence-electron chi connectivity index (χ4n) is 2.01. The average molecular weight is 256 g/mol. The molecule has 88 valence electrons. The lowest BCUT2D eigenvalue weighted by atomic mass is 10.1. The molecule has 0 bridgehead atoms. The van der Waals surface area contributed by atoms with Crippen LogP contribution in [-0.2, 0) is 4.74 Å². The third-order valence-electron chi connectivity index (χ3n) is 2.81. The maximum Gasteiger partial charge on any atom is 0.103 e. The number of hydrogen-bond acceptors (Lipinski definition) is 4. The van der Waals surface area contributed by atoms with Crippen molar-refractivity contribution in [3.8, 4) is 0 Å². The molecule has 0 radical (unpaired) electrons. The summed E-state index contributed by atoms with van der Waals surface area (Å²) in [6.07, 6.45) is 1.89. The summed E-state index contributed by atoms with van der Waals surface area (Å²) < 4.78 is 6.31. The third kappa shape index (κ3) is 2.85. The van der Waals surface area contributed by atoms with E-state index >= 15 is 0 Å². The van der Waals surface area contributed by atoms with Gasteiger partial charge in [0.1, 0.15) is 4.64 Å². The van der Waals surface area contributed by atoms with Crippen LogP contribution in [0.1, 0.15) is 11.6 Å². The zero-order chi connectivity index (χ0) is 11.4. The number of ether oxygens (including phenoxy) is 1. The first-order valence-corrected chi connectivity index (χ1v) is 6.46. The van der Waals surface area contributed by atoms with Crippen molar-refractivity contribution in [3.05, 3.63) is 28.5 Å². The first kappa shape index (κ1) is 12.1. The van der Waals surface area contributed by atoms with Crippen molar-refractivity contribution in [2.75, 3.05) is 32.1 Å². The number of pyridine rings is 1. The van der Waals surface area contributed by atoms with E-state index in [0.717, 1.165) is 36.7 Å². The van der Waals surface area contributed by atoms with Gasteiger partial charge in [0.15, 0.2) is 0 Å². The number of thiol groups is 1. The molecule has 1 aromatic rings. The largest absolute Gasteiger partial charge is 0.378 e. The Hall–Kier alpha value is -0.360. The second-order valence-corrected chi connectivity index (χ2v) is 4.72. The Balaban J connectivity index is 2.19. The van der Waals surface area contributed by atoms with Crippen LogP contribution in [0.5, 0.6) is 0 Å². The molecule has 0 aliphatic carbocycles. The smallest absolute Gasteiger partial charge is 0.103 e. The summed E-state index contributed by atoms with van der Waals surface area (Å²) in [6.45, 7) is 3.51. The second-order valence-electron chi connectivity index (χ2n) is 3.84. The van der Waals surface area contributed by atoms with E-state index in [0.29, 0.717) is 6.04 Å². The standard InChI is InChI=1S/C11H16N2OS2/c15-6-4-13-3-5-14-8-10(13)9-1-2-12-11(16)7-9/h1-2,7,10,15H,3-6,8H2,(H,12,16). The van der Waals surface area contributed by atoms with Crippen molar-refractivity contribution in [2.45, 2.75) is 6.04 Å². The minimum absolute atomic E-state index is 0.317. The number of hydrogen-bond donors (Lipinski definition) is 2. The van der Waals surface area contributed by atoms with Gasteiger partial charge >= 0.3 is 0 Å². The number of nitrogens with one attached hydrogen (secondary N) is 1. The summed E-state index contributed by atoms with van der Waals surface area (Å²) in [6, 6.07) is 4.40. The second kappa shape index (κ2) is 5.82. The van der Waals surface area contributed by atoms with Crippen LogP contribution >= 0.6 is 24.8 Å². The molecular weight excluding hydrogens is 240 g/mol. The van der Waals surface area contributed by atoms with E-state index in [1.165, 1.54) is 5.56 Å². The third-order valence-corrected chi connectivity index (χ3v) is 3.25. The number of H-pyrrole nitrogens is 1. The zero-order valence-corrected chi connectivity index (χ0v) is 10.8. The summed E-state index contributed by atoms with van der Waals surface area (Å²) in [7, 11) is 0. The topological polar surface area (TPSA) is 28.3 Å². The van der Waals surface area contributed by atoms with Gasteiger partial charge in [-0.3, -0.25) is 4.90 Å². The van der Waals surface area contributed by atoms with Crippen LogP contribution in [-0.4, -0.2) is 41.9 Å². The van der Waals surface area contributed by atoms with Crippen molar-refractivity contribution in [3.63, 3.8) is 0 Å². The molecule has 1 aliphatic rings. The average Bonchev–Trinajstić information content (AvgIpc) is 2.30. The van der Waals surface area contributed by atoms with Gasteiger partial charge in [-0.2, -0.15) is 12.6 Å². The van der Waals surface area contributed by atoms with E-state index < -0.39 is 0 Å². The van der Waals surface area contributed by atoms with Crippen LogP contribution in [0.2, 0.25) is 0 Å². The first-order valence-electron chi connectivity index (χ1n) is 5.42. The minimum Gasteiger partial charge on any atom is -0.378 e. The van der Waals surface area contributed by atoms with Crippen molar-refractivity contribution in [1.82, 2.24) is 9.88 Å². The van der Waals surface area contributed by atoms with Crippen LogP contribution in [0.15, 0.2) is 18.3 Å². The van der Waals surface area contributed by atoms with Crippen LogP contribution in [0.3, 0.4) is 0 Å². The van der Waals surface area contributed by atoms with E-state index in [2.05, 4.69) is 28.6 Å². The molecule has 3 nitrogen and oxygen atoms in total. The Morgan fingerprint density at radius 1 is 1.62 bits per heavy atom. The molecule has 0 saturated carbocycles. The number of nitrogens with zero attached hydrogens (tertiary/aromatic N) is 1. The highest BCUT2D eigenvalue weighted by Gasteiger charge is 2.23. The van der Waals surface area contributed by atoms with E-state index in [1.807, 2.05) is 12.3 Å². The predicted octanol–water partition coefficient (Wildman–Crippen LogP) is 2.05. The quantitative estimate of drug-likeness (QED) is 0.640. The van der Waals surface area contributed by atoms with E-state index in [9.17, 15) is 0 Å². The molecule has 2 rings (SSSR count). The van der Waals surface area contributed by atoms with Crippen molar-refractivity contribution in [2.24, 2.45) is 0 Å². The van der Waals surface area contributed by atoms with Crippen LogP contribution in [0, 0.1) is 4.64 Å². The minimum atomic E-state index is 0.317. The Morgan fingerprint density at radius 2 is 2.50 bits per heavy atom. The molecule has 16 heavy (non-hydrogen) atoms. The predicted molar refractivity (Wildman–Crippen MR) is 70.6 cm³/mol. The van der Waals surface area contributed by atoms with Gasteiger partial charge in [0.25, 0.3) is 0 Å². The van der Waals surface area contributed by atoms with Crippen molar-refractivity contribution < 1.29 is 4.74 Å². The van der Waals surface area contributed by atoms with Gasteiger partial charge in [0, 0.05) is 25.0 Å². The van der Waals surface area contributed by atoms with Crippen molar-refractivity contribution >= 4 is 24.8 Å². The highest BCUT2D eigenvalue weighted by Crippen LogP contribution is 2.23. The number of aromatic nitrogens is 1. The lowest BCUT2D eigenvalue weighted by molar-refractivity contribution is -0.00519. The fraction of sp³-hybridized carbons (Fsp3) is 0.545. The van der Waals surface area contributed by atoms with Gasteiger partial charge in [-0.15, -0.1) is 0 Å². The Bertz CT molecular complexity index is 392. The monoisotopic (exact) mass is 256 g/mol. The van der Waals surface area contributed by atoms with Gasteiger partial charge in [-0.1, -0.05) is 12.2 Å². The van der Waals surface area contributed by atoms with Crippen LogP contribution < -0.4 is 0 Å². The molecule has 5 heteroatoms. The molecule has 0 spiro atoms. The summed E-state index contributed by atoms with van der Waals surface area (Å²) in [5, 5.41) is 0. The van der Waals surface area contributed by atoms with E-state index in [4.69, 9.17) is 17.0 Å². The van der Waals surface area contributed by atoms with Gasteiger partial charge in [0.2, 0.25) is 0 Å². The van der Waals surface area contributed by atoms with Gasteiger partial charge < -0.3 is 9.72 Å². The summed E-state index contributed by atoms with van der Waals surface area (Å²) >= 11 is 9.44. The van der Waals surface area contributed by atoms with Crippen LogP contribution in [0.4, 0.5) is 0 Å². The number of morpholine rings is 1. The normalized spacial score (nSPS) is 22.2. The van der Waals surface area contributed by atoms with E-state index in [-0.39, 0.29) is 0 Å². The molecule has 1 atom stereocenters. The molecule has 1 unspecified atom stereocenters. The first-order chi connectivity index (χ1) is 7.81. The number of aromatic amines is 1. The fourth-order valence-corrected chi connectivity index (χ4v) is 2.47. The summed E-state index contributed by atoms with van der Waals surface area (Å²) in [4.78, 5) is 5.40. The Morgan fingerprint density at radius 3 is 3.25 bits per heavy atom. The summed E-state index contributed by atoms with van der Waals surface area (Å²) in [5.41, 5.74) is 1.23. The molecule has 1 fully saturated rings. The highest BCUT2D eigenvalue weighted by atomic mass is 32.1. The summed E-state index contributed by atoms with van der Waals surface area (Å²) in [5.74, 6) is 0.871. The molecule has 0 amide bonds. The molecule has 1 aliphatic heterocycles. The van der Waals surface area contributed by atoms with Gasteiger partial charge in [-0.25, -0.2) is 0 Å². The van der Waals surface area contributed by atoms with Gasteiger partial charge in [0.05, 0.1) is 19.3 Å². The molecule has 0 aromatic carbocycles. The SMILES string of the molecule is S=c1cc(C2COCCN2CCS)cc[nH]1. The van der Waals surface area contributed by atoms with E-state index in [1.54, 1.807) is 0 Å². The van der Waals surface area contributed by atoms with Gasteiger partial charge in [-0.05, 0) is 17.7 Å². The molecule has 1 N–H and O–H groups in total. The Labute approximate surface area is 106 Å². The van der Waals surface area contributed by atoms with Crippen molar-refractivity contribution in [1.29, 1.82) is 0 Å². The molecule has 1 aromatic heterocycles. The maximum absolute atomic E-state index is 5.54. The lowest BCUT2D eigenvalue weighted by Gasteiger charge is -2.35. The molecule has 1 saturated heterocycles. The Kier molecular flexibility index (Phi) is 4.40. The van der Waals surface area contributed by atoms with Crippen LogP contribution in [0.25, 0.3) is 0 Å². The number of rotatable bonds is 3.